The number of anilines is 1. The molecule has 3 rings (SSSR count). The lowest BCUT2D eigenvalue weighted by atomic mass is 10.1. The number of aryl methyl sites for hydroxylation is 2. The van der Waals surface area contributed by atoms with E-state index in [9.17, 15) is 9.59 Å². The predicted molar refractivity (Wildman–Crippen MR) is 108 cm³/mol. The van der Waals surface area contributed by atoms with Gasteiger partial charge in [-0.1, -0.05) is 23.8 Å². The van der Waals surface area contributed by atoms with Crippen molar-refractivity contribution in [1.82, 2.24) is 9.78 Å². The first-order valence-electron chi connectivity index (χ1n) is 9.11. The van der Waals surface area contributed by atoms with Crippen LogP contribution in [-0.4, -0.2) is 28.3 Å². The number of nitrogens with zero attached hydrogens (tertiary/aromatic N) is 2. The maximum absolute atomic E-state index is 12.6. The first-order valence-corrected chi connectivity index (χ1v) is 9.11. The minimum absolute atomic E-state index is 0.168. The number of hydrogen-bond acceptors (Lipinski definition) is 4. The fourth-order valence-electron chi connectivity index (χ4n) is 3.06. The Kier molecular flexibility index (Phi) is 5.59. The van der Waals surface area contributed by atoms with Crippen LogP contribution in [-0.2, 0) is 4.74 Å². The van der Waals surface area contributed by atoms with Crippen molar-refractivity contribution < 1.29 is 14.3 Å². The van der Waals surface area contributed by atoms with Gasteiger partial charge in [-0.25, -0.2) is 9.48 Å². The Morgan fingerprint density at radius 2 is 1.86 bits per heavy atom. The number of benzene rings is 2. The summed E-state index contributed by atoms with van der Waals surface area (Å²) >= 11 is 0. The summed E-state index contributed by atoms with van der Waals surface area (Å²) in [6.45, 7) is 7.79. The smallest absolute Gasteiger partial charge is 0.341 e. The van der Waals surface area contributed by atoms with Gasteiger partial charge in [0, 0.05) is 11.3 Å². The van der Waals surface area contributed by atoms with Gasteiger partial charge in [0.15, 0.2) is 0 Å². The zero-order valence-electron chi connectivity index (χ0n) is 16.4. The number of hydrogen-bond donors (Lipinski definition) is 1. The van der Waals surface area contributed by atoms with Crippen LogP contribution in [0.3, 0.4) is 0 Å². The van der Waals surface area contributed by atoms with Gasteiger partial charge in [0.1, 0.15) is 5.56 Å². The van der Waals surface area contributed by atoms with Crippen molar-refractivity contribution in [2.24, 2.45) is 0 Å². The summed E-state index contributed by atoms with van der Waals surface area (Å²) in [5.41, 5.74) is 5.17. The fourth-order valence-corrected chi connectivity index (χ4v) is 3.06. The Hall–Kier alpha value is -3.41. The van der Waals surface area contributed by atoms with E-state index in [1.807, 2.05) is 56.3 Å². The van der Waals surface area contributed by atoms with Crippen LogP contribution in [0.2, 0.25) is 0 Å². The Labute approximate surface area is 164 Å². The lowest BCUT2D eigenvalue weighted by Gasteiger charge is -2.11. The largest absolute Gasteiger partial charge is 0.462 e. The molecule has 0 radical (unpaired) electrons. The maximum atomic E-state index is 12.6. The van der Waals surface area contributed by atoms with Crippen LogP contribution in [0.15, 0.2) is 48.7 Å². The summed E-state index contributed by atoms with van der Waals surface area (Å²) in [7, 11) is 0. The number of carbonyl (C=O) groups is 2. The van der Waals surface area contributed by atoms with E-state index in [1.54, 1.807) is 18.5 Å². The van der Waals surface area contributed by atoms with Crippen LogP contribution in [0.1, 0.15) is 44.5 Å². The Morgan fingerprint density at radius 1 is 1.07 bits per heavy atom. The van der Waals surface area contributed by atoms with Crippen LogP contribution in [0, 0.1) is 20.8 Å². The summed E-state index contributed by atoms with van der Waals surface area (Å²) in [6, 6.07) is 13.1. The van der Waals surface area contributed by atoms with Crippen LogP contribution < -0.4 is 5.32 Å². The zero-order chi connectivity index (χ0) is 20.3. The second kappa shape index (κ2) is 8.08. The lowest BCUT2D eigenvalue weighted by Crippen LogP contribution is -2.14. The van der Waals surface area contributed by atoms with Gasteiger partial charge in [-0.3, -0.25) is 4.79 Å². The van der Waals surface area contributed by atoms with Gasteiger partial charge in [0.25, 0.3) is 5.91 Å². The molecule has 0 saturated carbocycles. The van der Waals surface area contributed by atoms with Gasteiger partial charge in [0.05, 0.1) is 24.2 Å². The number of carbonyl (C=O) groups excluding carboxylic acids is 2. The first-order chi connectivity index (χ1) is 13.4. The minimum atomic E-state index is -0.398. The number of ether oxygens (including phenoxy) is 1. The molecule has 144 valence electrons. The van der Waals surface area contributed by atoms with Crippen molar-refractivity contribution in [2.75, 3.05) is 11.9 Å². The summed E-state index contributed by atoms with van der Waals surface area (Å²) in [5, 5.41) is 7.22. The molecule has 0 fully saturated rings. The van der Waals surface area contributed by atoms with E-state index in [0.717, 1.165) is 16.8 Å². The van der Waals surface area contributed by atoms with E-state index >= 15 is 0 Å². The van der Waals surface area contributed by atoms with Gasteiger partial charge < -0.3 is 10.1 Å². The number of rotatable bonds is 5. The third-order valence-corrected chi connectivity index (χ3v) is 4.48. The van der Waals surface area contributed by atoms with E-state index < -0.39 is 5.97 Å². The average molecular weight is 377 g/mol. The molecule has 0 aliphatic rings. The van der Waals surface area contributed by atoms with Crippen molar-refractivity contribution >= 4 is 17.6 Å². The van der Waals surface area contributed by atoms with E-state index in [1.165, 1.54) is 6.20 Å². The van der Waals surface area contributed by atoms with Gasteiger partial charge >= 0.3 is 5.97 Å². The third-order valence-electron chi connectivity index (χ3n) is 4.48. The lowest BCUT2D eigenvalue weighted by molar-refractivity contribution is 0.0525. The molecule has 0 aliphatic carbocycles. The highest BCUT2D eigenvalue weighted by Gasteiger charge is 2.16. The Balaban J connectivity index is 1.85. The third kappa shape index (κ3) is 3.96. The summed E-state index contributed by atoms with van der Waals surface area (Å²) < 4.78 is 6.71. The summed E-state index contributed by atoms with van der Waals surface area (Å²) in [6.07, 6.45) is 1.49. The highest BCUT2D eigenvalue weighted by atomic mass is 16.5. The van der Waals surface area contributed by atoms with Gasteiger partial charge in [-0.05, 0) is 57.5 Å². The van der Waals surface area contributed by atoms with Crippen molar-refractivity contribution in [3.05, 3.63) is 76.6 Å². The minimum Gasteiger partial charge on any atom is -0.462 e. The van der Waals surface area contributed by atoms with Crippen LogP contribution in [0.4, 0.5) is 5.69 Å². The normalized spacial score (nSPS) is 10.6. The molecule has 6 heteroatoms. The van der Waals surface area contributed by atoms with Crippen molar-refractivity contribution in [3.63, 3.8) is 0 Å². The van der Waals surface area contributed by atoms with Gasteiger partial charge in [0.2, 0.25) is 0 Å². The predicted octanol–water partition coefficient (Wildman–Crippen LogP) is 4.23. The highest BCUT2D eigenvalue weighted by molar-refractivity contribution is 6.05. The van der Waals surface area contributed by atoms with Gasteiger partial charge in [-0.15, -0.1) is 0 Å². The SMILES string of the molecule is CCOC(=O)c1cnn(-c2cccc(NC(=O)c3ccc(C)cc3C)c2)c1C. The van der Waals surface area contributed by atoms with Crippen LogP contribution in [0.25, 0.3) is 5.69 Å². The molecular formula is C22H23N3O3. The Morgan fingerprint density at radius 3 is 2.57 bits per heavy atom. The molecule has 0 aliphatic heterocycles. The topological polar surface area (TPSA) is 73.2 Å². The first kappa shape index (κ1) is 19.4. The molecule has 0 atom stereocenters. The molecule has 0 saturated heterocycles. The zero-order valence-corrected chi connectivity index (χ0v) is 16.4. The number of esters is 1. The van der Waals surface area contributed by atoms with E-state index in [2.05, 4.69) is 10.4 Å². The molecular weight excluding hydrogens is 354 g/mol. The molecule has 1 heterocycles. The molecule has 0 spiro atoms. The average Bonchev–Trinajstić information content (AvgIpc) is 3.03. The summed E-state index contributed by atoms with van der Waals surface area (Å²) in [5.74, 6) is -0.565. The molecule has 2 aromatic carbocycles. The standard InChI is InChI=1S/C22H23N3O3/c1-5-28-22(27)20-13-23-25(16(20)4)18-8-6-7-17(12-18)24-21(26)19-10-9-14(2)11-15(19)3/h6-13H,5H2,1-4H3,(H,24,26). The Bertz CT molecular complexity index is 1040. The quantitative estimate of drug-likeness (QED) is 0.676. The second-order valence-electron chi connectivity index (χ2n) is 6.60. The molecule has 0 bridgehead atoms. The van der Waals surface area contributed by atoms with Crippen LogP contribution in [0.5, 0.6) is 0 Å². The molecule has 1 aromatic heterocycles. The summed E-state index contributed by atoms with van der Waals surface area (Å²) in [4.78, 5) is 24.6. The highest BCUT2D eigenvalue weighted by Crippen LogP contribution is 2.20. The van der Waals surface area contributed by atoms with Crippen molar-refractivity contribution in [1.29, 1.82) is 0 Å². The number of nitrogens with one attached hydrogen (secondary N) is 1. The fraction of sp³-hybridized carbons (Fsp3) is 0.227. The van der Waals surface area contributed by atoms with E-state index in [-0.39, 0.29) is 5.91 Å². The molecule has 0 unspecified atom stereocenters. The molecule has 3 aromatic rings. The van der Waals surface area contributed by atoms with E-state index in [0.29, 0.717) is 29.1 Å². The molecule has 1 N–H and O–H groups in total. The monoisotopic (exact) mass is 377 g/mol. The molecule has 1 amide bonds. The van der Waals surface area contributed by atoms with Gasteiger partial charge in [-0.2, -0.15) is 5.10 Å². The maximum Gasteiger partial charge on any atom is 0.341 e. The van der Waals surface area contributed by atoms with E-state index in [4.69, 9.17) is 4.74 Å². The second-order valence-corrected chi connectivity index (χ2v) is 6.60. The number of aromatic nitrogens is 2. The number of amides is 1. The molecule has 28 heavy (non-hydrogen) atoms. The van der Waals surface area contributed by atoms with Crippen molar-refractivity contribution in [3.8, 4) is 5.69 Å². The van der Waals surface area contributed by atoms with Crippen molar-refractivity contribution in [2.45, 2.75) is 27.7 Å². The van der Waals surface area contributed by atoms with Crippen LogP contribution >= 0.6 is 0 Å². The molecule has 6 nitrogen and oxygen atoms in total.